The van der Waals surface area contributed by atoms with Gasteiger partial charge in [0.15, 0.2) is 0 Å². The lowest BCUT2D eigenvalue weighted by Crippen LogP contribution is -2.45. The molecule has 0 spiro atoms. The van der Waals surface area contributed by atoms with E-state index in [1.165, 1.54) is 5.57 Å². The average molecular weight is 532 g/mol. The van der Waals surface area contributed by atoms with Crippen LogP contribution >= 0.6 is 11.6 Å². The summed E-state index contributed by atoms with van der Waals surface area (Å²) in [5, 5.41) is 10.1. The van der Waals surface area contributed by atoms with Gasteiger partial charge in [-0.05, 0) is 72.7 Å². The number of sulfonamides is 1. The average Bonchev–Trinajstić information content (AvgIpc) is 3.60. The third kappa shape index (κ3) is 4.63. The van der Waals surface area contributed by atoms with Crippen LogP contribution in [0.15, 0.2) is 59.8 Å². The molecule has 0 unspecified atom stereocenters. The third-order valence-corrected chi connectivity index (χ3v) is 9.42. The van der Waals surface area contributed by atoms with Crippen LogP contribution < -0.4 is 9.62 Å². The van der Waals surface area contributed by atoms with E-state index in [-0.39, 0.29) is 10.9 Å². The molecule has 2 aromatic carbocycles. The van der Waals surface area contributed by atoms with Gasteiger partial charge < -0.3 is 4.90 Å². The van der Waals surface area contributed by atoms with Crippen molar-refractivity contribution in [1.29, 1.82) is 5.26 Å². The molecule has 9 heteroatoms. The number of benzene rings is 2. The van der Waals surface area contributed by atoms with Gasteiger partial charge in [-0.25, -0.2) is 23.1 Å². The van der Waals surface area contributed by atoms with Crippen molar-refractivity contribution in [1.82, 2.24) is 14.7 Å². The van der Waals surface area contributed by atoms with Crippen LogP contribution in [-0.4, -0.2) is 37.5 Å². The van der Waals surface area contributed by atoms with Crippen LogP contribution in [0.5, 0.6) is 0 Å². The fraction of sp³-hybridized carbons (Fsp3) is 0.321. The van der Waals surface area contributed by atoms with Gasteiger partial charge in [-0.2, -0.15) is 5.26 Å². The van der Waals surface area contributed by atoms with E-state index in [1.807, 2.05) is 24.3 Å². The molecular weight excluding hydrogens is 506 g/mol. The van der Waals surface area contributed by atoms with Crippen molar-refractivity contribution in [2.45, 2.75) is 48.5 Å². The summed E-state index contributed by atoms with van der Waals surface area (Å²) in [5.41, 5.74) is 4.82. The van der Waals surface area contributed by atoms with Crippen molar-refractivity contribution in [3.63, 3.8) is 0 Å². The predicted molar refractivity (Wildman–Crippen MR) is 144 cm³/mol. The van der Waals surface area contributed by atoms with Crippen molar-refractivity contribution < 1.29 is 8.42 Å². The number of hydrogen-bond acceptors (Lipinski definition) is 6. The van der Waals surface area contributed by atoms with Gasteiger partial charge in [0, 0.05) is 36.1 Å². The van der Waals surface area contributed by atoms with E-state index in [0.717, 1.165) is 47.5 Å². The lowest BCUT2D eigenvalue weighted by atomic mass is 9.98. The summed E-state index contributed by atoms with van der Waals surface area (Å²) < 4.78 is 28.9. The van der Waals surface area contributed by atoms with Gasteiger partial charge in [-0.15, -0.1) is 0 Å². The maximum Gasteiger partial charge on any atom is 0.240 e. The molecule has 3 aromatic rings. The minimum absolute atomic E-state index is 0.148. The second-order valence-electron chi connectivity index (χ2n) is 10.0. The molecule has 6 rings (SSSR count). The minimum Gasteiger partial charge on any atom is -0.356 e. The molecule has 3 aliphatic rings. The molecular formula is C28H26ClN5O2S. The van der Waals surface area contributed by atoms with Crippen LogP contribution in [0.4, 0.5) is 5.82 Å². The van der Waals surface area contributed by atoms with E-state index in [1.54, 1.807) is 30.6 Å². The molecule has 1 saturated carbocycles. The normalized spacial score (nSPS) is 18.7. The Bertz CT molecular complexity index is 1520. The van der Waals surface area contributed by atoms with Gasteiger partial charge in [0.25, 0.3) is 0 Å². The summed E-state index contributed by atoms with van der Waals surface area (Å²) >= 11 is 6.05. The molecule has 7 nitrogen and oxygen atoms in total. The molecule has 0 radical (unpaired) electrons. The van der Waals surface area contributed by atoms with E-state index < -0.39 is 15.4 Å². The molecule has 2 fully saturated rings. The van der Waals surface area contributed by atoms with Gasteiger partial charge in [-0.1, -0.05) is 35.9 Å². The standard InChI is InChI=1S/C28H26ClN5O2S/c29-22-5-1-19(2-6-22)20-15-25-26(16-20)31-18-32-27(25)34-13-9-23(10-14-34)33-37(35,36)24-7-3-21(4-8-24)28(17-30)11-12-28/h1-8,15,18,23,33H,9-14,16H2. The first-order valence-electron chi connectivity index (χ1n) is 12.5. The Morgan fingerprint density at radius 2 is 1.73 bits per heavy atom. The van der Waals surface area contributed by atoms with Gasteiger partial charge in [-0.3, -0.25) is 0 Å². The highest BCUT2D eigenvalue weighted by Crippen LogP contribution is 2.47. The van der Waals surface area contributed by atoms with E-state index >= 15 is 0 Å². The summed E-state index contributed by atoms with van der Waals surface area (Å²) in [6.45, 7) is 1.40. The van der Waals surface area contributed by atoms with Crippen LogP contribution in [0.25, 0.3) is 11.6 Å². The Labute approximate surface area is 221 Å². The highest BCUT2D eigenvalue weighted by atomic mass is 35.5. The van der Waals surface area contributed by atoms with E-state index in [4.69, 9.17) is 11.6 Å². The maximum atomic E-state index is 13.0. The molecule has 2 aliphatic carbocycles. The number of anilines is 1. The van der Waals surface area contributed by atoms with Crippen molar-refractivity contribution in [2.75, 3.05) is 18.0 Å². The van der Waals surface area contributed by atoms with Gasteiger partial charge in [0.1, 0.15) is 12.1 Å². The highest BCUT2D eigenvalue weighted by Gasteiger charge is 2.44. The number of piperidine rings is 1. The number of nitrogens with zero attached hydrogens (tertiary/aromatic N) is 4. The smallest absolute Gasteiger partial charge is 0.240 e. The Kier molecular flexibility index (Phi) is 6.03. The summed E-state index contributed by atoms with van der Waals surface area (Å²) in [5.74, 6) is 0.900. The molecule has 1 aliphatic heterocycles. The van der Waals surface area contributed by atoms with Crippen molar-refractivity contribution in [2.24, 2.45) is 0 Å². The summed E-state index contributed by atoms with van der Waals surface area (Å²) in [6.07, 6.45) is 7.55. The van der Waals surface area contributed by atoms with Crippen LogP contribution in [0.2, 0.25) is 5.02 Å². The van der Waals surface area contributed by atoms with Crippen LogP contribution in [0, 0.1) is 11.3 Å². The van der Waals surface area contributed by atoms with Gasteiger partial charge in [0.05, 0.1) is 22.1 Å². The number of rotatable bonds is 6. The van der Waals surface area contributed by atoms with Crippen molar-refractivity contribution in [3.05, 3.63) is 82.3 Å². The fourth-order valence-corrected chi connectivity index (χ4v) is 6.69. The highest BCUT2D eigenvalue weighted by molar-refractivity contribution is 7.89. The SMILES string of the molecule is N#CC1(c2ccc(S(=O)(=O)NC3CCN(c4ncnc5c4C=C(c4ccc(Cl)cc4)C5)CC3)cc2)CC1. The first kappa shape index (κ1) is 24.1. The second kappa shape index (κ2) is 9.25. The third-order valence-electron chi connectivity index (χ3n) is 7.63. The zero-order valence-corrected chi connectivity index (χ0v) is 21.8. The Morgan fingerprint density at radius 3 is 2.38 bits per heavy atom. The molecule has 0 bridgehead atoms. The summed E-state index contributed by atoms with van der Waals surface area (Å²) in [7, 11) is -3.64. The Hall–Kier alpha value is -3.25. The number of fused-ring (bicyclic) bond motifs is 1. The lowest BCUT2D eigenvalue weighted by molar-refractivity contribution is 0.458. The zero-order valence-electron chi connectivity index (χ0n) is 20.2. The molecule has 2 heterocycles. The van der Waals surface area contributed by atoms with Crippen LogP contribution in [0.1, 0.15) is 48.1 Å². The lowest BCUT2D eigenvalue weighted by Gasteiger charge is -2.33. The molecule has 1 N–H and O–H groups in total. The Morgan fingerprint density at radius 1 is 1.03 bits per heavy atom. The van der Waals surface area contributed by atoms with E-state index in [0.29, 0.717) is 31.0 Å². The molecule has 0 amide bonds. The van der Waals surface area contributed by atoms with Gasteiger partial charge >= 0.3 is 0 Å². The number of halogens is 1. The van der Waals surface area contributed by atoms with Crippen molar-refractivity contribution >= 4 is 39.1 Å². The number of allylic oxidation sites excluding steroid dienone is 1. The first-order chi connectivity index (χ1) is 17.9. The molecule has 188 valence electrons. The quantitative estimate of drug-likeness (QED) is 0.493. The van der Waals surface area contributed by atoms with E-state index in [9.17, 15) is 13.7 Å². The molecule has 37 heavy (non-hydrogen) atoms. The summed E-state index contributed by atoms with van der Waals surface area (Å²) in [6, 6.07) is 16.8. The second-order valence-corrected chi connectivity index (χ2v) is 12.2. The maximum absolute atomic E-state index is 13.0. The number of nitriles is 1. The molecule has 1 aromatic heterocycles. The van der Waals surface area contributed by atoms with Crippen molar-refractivity contribution in [3.8, 4) is 6.07 Å². The fourth-order valence-electron chi connectivity index (χ4n) is 5.26. The van der Waals surface area contributed by atoms with E-state index in [2.05, 4.69) is 31.7 Å². The summed E-state index contributed by atoms with van der Waals surface area (Å²) in [4.78, 5) is 11.6. The predicted octanol–water partition coefficient (Wildman–Crippen LogP) is 4.73. The number of hydrogen-bond donors (Lipinski definition) is 1. The Balaban J connectivity index is 1.12. The topological polar surface area (TPSA) is 99.0 Å². The monoisotopic (exact) mass is 531 g/mol. The largest absolute Gasteiger partial charge is 0.356 e. The van der Waals surface area contributed by atoms with Crippen LogP contribution in [0.3, 0.4) is 0 Å². The minimum atomic E-state index is -3.64. The molecule has 1 saturated heterocycles. The van der Waals surface area contributed by atoms with Crippen LogP contribution in [-0.2, 0) is 21.9 Å². The number of nitrogens with one attached hydrogen (secondary N) is 1. The number of aromatic nitrogens is 2. The van der Waals surface area contributed by atoms with Gasteiger partial charge in [0.2, 0.25) is 10.0 Å². The zero-order chi connectivity index (χ0) is 25.6. The molecule has 0 atom stereocenters. The first-order valence-corrected chi connectivity index (χ1v) is 14.3.